The molecule has 0 heterocycles. The van der Waals surface area contributed by atoms with Crippen molar-refractivity contribution in [1.29, 1.82) is 0 Å². The molecular weight excluding hydrogens is 213 g/mol. The second-order valence-electron chi connectivity index (χ2n) is 3.38. The highest BCUT2D eigenvalue weighted by atomic mass is 19.1. The Morgan fingerprint density at radius 2 is 2.31 bits per heavy atom. The third-order valence-corrected chi connectivity index (χ3v) is 2.21. The number of aryl methyl sites for hydroxylation is 1. The second-order valence-corrected chi connectivity index (χ2v) is 3.38. The van der Waals surface area contributed by atoms with E-state index in [2.05, 4.69) is 5.32 Å². The fourth-order valence-electron chi connectivity index (χ4n) is 1.18. The fourth-order valence-corrected chi connectivity index (χ4v) is 1.18. The topological polar surface area (TPSA) is 58.6 Å². The molecule has 0 aliphatic heterocycles. The molecule has 0 amide bonds. The summed E-state index contributed by atoms with van der Waals surface area (Å²) in [5.74, 6) is -1.42. The highest BCUT2D eigenvalue weighted by Crippen LogP contribution is 2.19. The molecule has 0 aromatic heterocycles. The van der Waals surface area contributed by atoms with E-state index in [1.165, 1.54) is 13.1 Å². The van der Waals surface area contributed by atoms with Crippen molar-refractivity contribution in [2.75, 3.05) is 13.7 Å². The first-order valence-corrected chi connectivity index (χ1v) is 4.84. The lowest BCUT2D eigenvalue weighted by Gasteiger charge is -2.13. The number of benzene rings is 1. The molecule has 0 fully saturated rings. The zero-order chi connectivity index (χ0) is 12.1. The van der Waals surface area contributed by atoms with Crippen LogP contribution in [0.4, 0.5) is 4.39 Å². The molecule has 1 aromatic carbocycles. The van der Waals surface area contributed by atoms with E-state index in [4.69, 9.17) is 9.84 Å². The predicted molar refractivity (Wildman–Crippen MR) is 57.1 cm³/mol. The third-order valence-electron chi connectivity index (χ3n) is 2.21. The van der Waals surface area contributed by atoms with Crippen LogP contribution in [0, 0.1) is 12.7 Å². The first-order chi connectivity index (χ1) is 7.56. The van der Waals surface area contributed by atoms with Gasteiger partial charge in [-0.3, -0.25) is 4.79 Å². The van der Waals surface area contributed by atoms with E-state index >= 15 is 0 Å². The second kappa shape index (κ2) is 5.46. The summed E-state index contributed by atoms with van der Waals surface area (Å²) in [4.78, 5) is 10.7. The molecule has 0 radical (unpaired) electrons. The maximum Gasteiger partial charge on any atom is 0.324 e. The van der Waals surface area contributed by atoms with Gasteiger partial charge in [-0.05, 0) is 25.6 Å². The van der Waals surface area contributed by atoms with Crippen molar-refractivity contribution in [1.82, 2.24) is 5.32 Å². The Bertz CT molecular complexity index is 381. The zero-order valence-corrected chi connectivity index (χ0v) is 9.16. The highest BCUT2D eigenvalue weighted by Gasteiger charge is 2.16. The van der Waals surface area contributed by atoms with Crippen molar-refractivity contribution in [3.8, 4) is 5.75 Å². The summed E-state index contributed by atoms with van der Waals surface area (Å²) in [6.45, 7) is 1.50. The molecule has 0 spiro atoms. The molecular formula is C11H14FNO3. The van der Waals surface area contributed by atoms with E-state index in [0.717, 1.165) is 0 Å². The van der Waals surface area contributed by atoms with Crippen LogP contribution in [0.25, 0.3) is 0 Å². The Balaban J connectivity index is 2.67. The maximum atomic E-state index is 13.5. The van der Waals surface area contributed by atoms with E-state index in [9.17, 15) is 9.18 Å². The largest absolute Gasteiger partial charge is 0.488 e. The molecule has 1 rings (SSSR count). The number of hydrogen-bond donors (Lipinski definition) is 2. The average Bonchev–Trinajstić information content (AvgIpc) is 2.24. The van der Waals surface area contributed by atoms with Crippen molar-refractivity contribution in [2.45, 2.75) is 13.0 Å². The molecule has 0 saturated carbocycles. The summed E-state index contributed by atoms with van der Waals surface area (Å²) in [6, 6.07) is 3.90. The van der Waals surface area contributed by atoms with Crippen molar-refractivity contribution in [2.24, 2.45) is 0 Å². The Kier molecular flexibility index (Phi) is 4.25. The summed E-state index contributed by atoms with van der Waals surface area (Å²) in [5.41, 5.74) is 0.467. The van der Waals surface area contributed by atoms with Gasteiger partial charge in [0.25, 0.3) is 0 Å². The molecule has 0 aliphatic rings. The van der Waals surface area contributed by atoms with E-state index in [1.807, 2.05) is 0 Å². The summed E-state index contributed by atoms with van der Waals surface area (Å²) in [7, 11) is 1.51. The van der Waals surface area contributed by atoms with Crippen molar-refractivity contribution < 1.29 is 19.0 Å². The monoisotopic (exact) mass is 227 g/mol. The number of ether oxygens (including phenoxy) is 1. The third kappa shape index (κ3) is 2.93. The Morgan fingerprint density at radius 1 is 1.62 bits per heavy atom. The fraction of sp³-hybridized carbons (Fsp3) is 0.364. The summed E-state index contributed by atoms with van der Waals surface area (Å²) >= 11 is 0. The van der Waals surface area contributed by atoms with Crippen LogP contribution < -0.4 is 10.1 Å². The van der Waals surface area contributed by atoms with Gasteiger partial charge in [0.15, 0.2) is 11.6 Å². The van der Waals surface area contributed by atoms with Crippen molar-refractivity contribution in [3.63, 3.8) is 0 Å². The summed E-state index contributed by atoms with van der Waals surface area (Å²) in [5, 5.41) is 11.3. The van der Waals surface area contributed by atoms with E-state index in [1.54, 1.807) is 19.1 Å². The smallest absolute Gasteiger partial charge is 0.324 e. The van der Waals surface area contributed by atoms with Crippen LogP contribution in [0.5, 0.6) is 5.75 Å². The Labute approximate surface area is 93.0 Å². The highest BCUT2D eigenvalue weighted by molar-refractivity contribution is 5.73. The number of rotatable bonds is 5. The van der Waals surface area contributed by atoms with E-state index in [0.29, 0.717) is 5.56 Å². The molecule has 0 aliphatic carbocycles. The first kappa shape index (κ1) is 12.4. The van der Waals surface area contributed by atoms with Gasteiger partial charge in [-0.25, -0.2) is 4.39 Å². The van der Waals surface area contributed by atoms with Crippen LogP contribution in [0.3, 0.4) is 0 Å². The standard InChI is InChI=1S/C11H14FNO3/c1-7-4-3-5-9(10(7)12)16-6-8(13-2)11(14)15/h3-5,8,13H,6H2,1-2H3,(H,14,15). The zero-order valence-electron chi connectivity index (χ0n) is 9.16. The molecule has 88 valence electrons. The minimum Gasteiger partial charge on any atom is -0.488 e. The average molecular weight is 227 g/mol. The number of nitrogens with one attached hydrogen (secondary N) is 1. The quantitative estimate of drug-likeness (QED) is 0.793. The SMILES string of the molecule is CNC(COc1cccc(C)c1F)C(=O)O. The van der Waals surface area contributed by atoms with Gasteiger partial charge < -0.3 is 15.2 Å². The minimum atomic E-state index is -1.03. The van der Waals surface area contributed by atoms with Crippen molar-refractivity contribution in [3.05, 3.63) is 29.6 Å². The molecule has 2 N–H and O–H groups in total. The van der Waals surface area contributed by atoms with Crippen LogP contribution >= 0.6 is 0 Å². The number of likely N-dealkylation sites (N-methyl/N-ethyl adjacent to an activating group) is 1. The van der Waals surface area contributed by atoms with Gasteiger partial charge in [0.1, 0.15) is 12.6 Å². The normalized spacial score (nSPS) is 12.2. The number of hydrogen-bond acceptors (Lipinski definition) is 3. The molecule has 0 bridgehead atoms. The van der Waals surface area contributed by atoms with Crippen LogP contribution in [0.2, 0.25) is 0 Å². The van der Waals surface area contributed by atoms with Gasteiger partial charge in [0, 0.05) is 0 Å². The van der Waals surface area contributed by atoms with E-state index < -0.39 is 17.8 Å². The van der Waals surface area contributed by atoms with Gasteiger partial charge in [-0.2, -0.15) is 0 Å². The number of carboxylic acid groups (broad SMARTS) is 1. The molecule has 1 aromatic rings. The van der Waals surface area contributed by atoms with E-state index in [-0.39, 0.29) is 12.4 Å². The van der Waals surface area contributed by atoms with Crippen molar-refractivity contribution >= 4 is 5.97 Å². The maximum absolute atomic E-state index is 13.5. The van der Waals surface area contributed by atoms with Crippen LogP contribution in [0.15, 0.2) is 18.2 Å². The number of halogens is 1. The first-order valence-electron chi connectivity index (χ1n) is 4.84. The molecule has 16 heavy (non-hydrogen) atoms. The van der Waals surface area contributed by atoms with Gasteiger partial charge in [0.05, 0.1) is 0 Å². The molecule has 1 unspecified atom stereocenters. The predicted octanol–water partition coefficient (Wildman–Crippen LogP) is 1.19. The van der Waals surface area contributed by atoms with Crippen LogP contribution in [0.1, 0.15) is 5.56 Å². The number of carboxylic acids is 1. The summed E-state index contributed by atoms with van der Waals surface area (Å²) < 4.78 is 18.6. The molecule has 1 atom stereocenters. The number of carbonyl (C=O) groups is 1. The Hall–Kier alpha value is -1.62. The van der Waals surface area contributed by atoms with Gasteiger partial charge >= 0.3 is 5.97 Å². The van der Waals surface area contributed by atoms with Gasteiger partial charge in [0.2, 0.25) is 0 Å². The minimum absolute atomic E-state index is 0.0708. The molecule has 4 nitrogen and oxygen atoms in total. The number of aliphatic carboxylic acids is 1. The lowest BCUT2D eigenvalue weighted by molar-refractivity contribution is -0.140. The lowest BCUT2D eigenvalue weighted by Crippen LogP contribution is -2.39. The summed E-state index contributed by atoms with van der Waals surface area (Å²) in [6.07, 6.45) is 0. The lowest BCUT2D eigenvalue weighted by atomic mass is 10.2. The Morgan fingerprint density at radius 3 is 2.88 bits per heavy atom. The van der Waals surface area contributed by atoms with Gasteiger partial charge in [-0.1, -0.05) is 12.1 Å². The van der Waals surface area contributed by atoms with Crippen LogP contribution in [-0.4, -0.2) is 30.8 Å². The molecule has 0 saturated heterocycles. The van der Waals surface area contributed by atoms with Crippen LogP contribution in [-0.2, 0) is 4.79 Å². The molecule has 5 heteroatoms. The van der Waals surface area contributed by atoms with Gasteiger partial charge in [-0.15, -0.1) is 0 Å².